The third-order valence-corrected chi connectivity index (χ3v) is 4.36. The van der Waals surface area contributed by atoms with Crippen LogP contribution in [0.3, 0.4) is 0 Å². The Morgan fingerprint density at radius 1 is 1.36 bits per heavy atom. The topological polar surface area (TPSA) is 68.2 Å². The standard InChI is InChI=1S/C19H26N4O2/c1-14(21-16-9-10-16)17-13-23(12-6-11-20-19(24)25-2)18(22-17)15-7-4-3-5-8-15/h3-5,7-8,13-14,16,21H,6,9-12H2,1-2H3,(H,20,24)/t14-/m1/s1. The Labute approximate surface area is 148 Å². The number of aromatic nitrogens is 2. The Kier molecular flexibility index (Phi) is 5.71. The minimum atomic E-state index is -0.392. The van der Waals surface area contributed by atoms with Crippen LogP contribution in [0.5, 0.6) is 0 Å². The summed E-state index contributed by atoms with van der Waals surface area (Å²) in [4.78, 5) is 16.0. The lowest BCUT2D eigenvalue weighted by Gasteiger charge is -2.09. The van der Waals surface area contributed by atoms with E-state index < -0.39 is 6.09 Å². The van der Waals surface area contributed by atoms with Gasteiger partial charge in [-0.1, -0.05) is 30.3 Å². The van der Waals surface area contributed by atoms with E-state index in [-0.39, 0.29) is 6.04 Å². The smallest absolute Gasteiger partial charge is 0.406 e. The Balaban J connectivity index is 1.71. The molecule has 1 aliphatic rings. The van der Waals surface area contributed by atoms with E-state index in [0.717, 1.165) is 30.0 Å². The SMILES string of the molecule is COC(=O)NCCCn1cc([C@@H](C)NC2CC2)nc1-c1ccccc1. The van der Waals surface area contributed by atoms with Crippen molar-refractivity contribution in [2.45, 2.75) is 44.8 Å². The van der Waals surface area contributed by atoms with Crippen molar-refractivity contribution in [1.29, 1.82) is 0 Å². The first-order valence-corrected chi connectivity index (χ1v) is 8.87. The quantitative estimate of drug-likeness (QED) is 0.723. The predicted octanol–water partition coefficient (Wildman–Crippen LogP) is 3.11. The summed E-state index contributed by atoms with van der Waals surface area (Å²) in [6, 6.07) is 11.1. The van der Waals surface area contributed by atoms with E-state index in [1.165, 1.54) is 20.0 Å². The summed E-state index contributed by atoms with van der Waals surface area (Å²) in [5.74, 6) is 0.970. The minimum Gasteiger partial charge on any atom is -0.453 e. The highest BCUT2D eigenvalue weighted by Crippen LogP contribution is 2.26. The van der Waals surface area contributed by atoms with Gasteiger partial charge in [0.05, 0.1) is 12.8 Å². The van der Waals surface area contributed by atoms with Gasteiger partial charge in [0, 0.05) is 36.9 Å². The lowest BCUT2D eigenvalue weighted by molar-refractivity contribution is 0.171. The number of nitrogens with one attached hydrogen (secondary N) is 2. The van der Waals surface area contributed by atoms with Crippen molar-refractivity contribution in [3.63, 3.8) is 0 Å². The molecule has 0 aliphatic heterocycles. The molecule has 1 aliphatic carbocycles. The molecule has 1 heterocycles. The van der Waals surface area contributed by atoms with Gasteiger partial charge in [0.2, 0.25) is 0 Å². The molecular weight excluding hydrogens is 316 g/mol. The van der Waals surface area contributed by atoms with E-state index in [1.54, 1.807) is 0 Å². The second-order valence-corrected chi connectivity index (χ2v) is 6.48. The molecule has 3 rings (SSSR count). The summed E-state index contributed by atoms with van der Waals surface area (Å²) in [5, 5.41) is 6.32. The first-order valence-electron chi connectivity index (χ1n) is 8.87. The largest absolute Gasteiger partial charge is 0.453 e. The fourth-order valence-electron chi connectivity index (χ4n) is 2.83. The van der Waals surface area contributed by atoms with Gasteiger partial charge in [-0.25, -0.2) is 9.78 Å². The highest BCUT2D eigenvalue weighted by Gasteiger charge is 2.24. The molecule has 0 radical (unpaired) electrons. The number of hydrogen-bond acceptors (Lipinski definition) is 4. The summed E-state index contributed by atoms with van der Waals surface area (Å²) in [6.45, 7) is 3.53. The zero-order chi connectivity index (χ0) is 17.6. The highest BCUT2D eigenvalue weighted by atomic mass is 16.5. The van der Waals surface area contributed by atoms with Crippen LogP contribution in [-0.4, -0.2) is 35.3 Å². The van der Waals surface area contributed by atoms with Gasteiger partial charge in [-0.3, -0.25) is 0 Å². The third kappa shape index (κ3) is 4.82. The fraction of sp³-hybridized carbons (Fsp3) is 0.474. The average molecular weight is 342 g/mol. The molecule has 0 spiro atoms. The van der Waals surface area contributed by atoms with Gasteiger partial charge in [-0.2, -0.15) is 0 Å². The normalized spacial score (nSPS) is 15.0. The molecule has 6 nitrogen and oxygen atoms in total. The molecule has 2 aromatic rings. The van der Waals surface area contributed by atoms with E-state index in [0.29, 0.717) is 12.6 Å². The molecule has 1 aromatic carbocycles. The average Bonchev–Trinajstić information content (AvgIpc) is 3.35. The molecule has 1 atom stereocenters. The Bertz CT molecular complexity index is 695. The van der Waals surface area contributed by atoms with Crippen molar-refractivity contribution in [2.24, 2.45) is 0 Å². The number of ether oxygens (including phenoxy) is 1. The zero-order valence-corrected chi connectivity index (χ0v) is 14.9. The number of carbonyl (C=O) groups is 1. The second-order valence-electron chi connectivity index (χ2n) is 6.48. The van der Waals surface area contributed by atoms with Gasteiger partial charge in [0.25, 0.3) is 0 Å². The predicted molar refractivity (Wildman–Crippen MR) is 97.3 cm³/mol. The van der Waals surface area contributed by atoms with Crippen LogP contribution in [0.15, 0.2) is 36.5 Å². The summed E-state index contributed by atoms with van der Waals surface area (Å²) < 4.78 is 6.77. The number of carbonyl (C=O) groups excluding carboxylic acids is 1. The van der Waals surface area contributed by atoms with Crippen molar-refractivity contribution < 1.29 is 9.53 Å². The Morgan fingerprint density at radius 2 is 2.12 bits per heavy atom. The van der Waals surface area contributed by atoms with Crippen LogP contribution in [-0.2, 0) is 11.3 Å². The van der Waals surface area contributed by atoms with Crippen LogP contribution in [0.4, 0.5) is 4.79 Å². The Morgan fingerprint density at radius 3 is 2.80 bits per heavy atom. The number of rotatable bonds is 8. The Hall–Kier alpha value is -2.34. The van der Waals surface area contributed by atoms with Crippen LogP contribution in [0.2, 0.25) is 0 Å². The zero-order valence-electron chi connectivity index (χ0n) is 14.9. The molecule has 1 fully saturated rings. The second kappa shape index (κ2) is 8.16. The van der Waals surface area contributed by atoms with Gasteiger partial charge < -0.3 is 19.9 Å². The first kappa shape index (κ1) is 17.5. The van der Waals surface area contributed by atoms with Crippen molar-refractivity contribution in [1.82, 2.24) is 20.2 Å². The minimum absolute atomic E-state index is 0.240. The number of nitrogens with zero attached hydrogens (tertiary/aromatic N) is 2. The highest BCUT2D eigenvalue weighted by molar-refractivity contribution is 5.66. The van der Waals surface area contributed by atoms with Crippen LogP contribution >= 0.6 is 0 Å². The number of amides is 1. The summed E-state index contributed by atoms with van der Waals surface area (Å²) in [7, 11) is 1.37. The summed E-state index contributed by atoms with van der Waals surface area (Å²) in [6.07, 6.45) is 5.07. The van der Waals surface area contributed by atoms with Crippen molar-refractivity contribution in [3.05, 3.63) is 42.2 Å². The summed E-state index contributed by atoms with van der Waals surface area (Å²) >= 11 is 0. The van der Waals surface area contributed by atoms with E-state index in [1.807, 2.05) is 18.2 Å². The van der Waals surface area contributed by atoms with Gasteiger partial charge in [-0.05, 0) is 26.2 Å². The van der Waals surface area contributed by atoms with Crippen LogP contribution in [0.1, 0.15) is 37.9 Å². The van der Waals surface area contributed by atoms with E-state index in [9.17, 15) is 4.79 Å². The van der Waals surface area contributed by atoms with Gasteiger partial charge in [-0.15, -0.1) is 0 Å². The molecule has 0 unspecified atom stereocenters. The molecule has 0 saturated heterocycles. The molecule has 134 valence electrons. The van der Waals surface area contributed by atoms with Crippen LogP contribution < -0.4 is 10.6 Å². The molecule has 1 amide bonds. The van der Waals surface area contributed by atoms with Crippen molar-refractivity contribution in [3.8, 4) is 11.4 Å². The maximum Gasteiger partial charge on any atom is 0.406 e. The number of aryl methyl sites for hydroxylation is 1. The summed E-state index contributed by atoms with van der Waals surface area (Å²) in [5.41, 5.74) is 2.17. The van der Waals surface area contributed by atoms with Gasteiger partial charge >= 0.3 is 6.09 Å². The van der Waals surface area contributed by atoms with E-state index >= 15 is 0 Å². The molecule has 0 bridgehead atoms. The number of methoxy groups -OCH3 is 1. The lowest BCUT2D eigenvalue weighted by Crippen LogP contribution is -2.24. The number of alkyl carbamates (subject to hydrolysis) is 1. The van der Waals surface area contributed by atoms with Crippen LogP contribution in [0.25, 0.3) is 11.4 Å². The van der Waals surface area contributed by atoms with Crippen LogP contribution in [0, 0.1) is 0 Å². The number of benzene rings is 1. The number of imidazole rings is 1. The number of hydrogen-bond donors (Lipinski definition) is 2. The van der Waals surface area contributed by atoms with Crippen molar-refractivity contribution >= 4 is 6.09 Å². The maximum absolute atomic E-state index is 11.2. The molecule has 1 saturated carbocycles. The third-order valence-electron chi connectivity index (χ3n) is 4.36. The monoisotopic (exact) mass is 342 g/mol. The molecule has 2 N–H and O–H groups in total. The van der Waals surface area contributed by atoms with Gasteiger partial charge in [0.15, 0.2) is 0 Å². The lowest BCUT2D eigenvalue weighted by atomic mass is 10.2. The molecule has 1 aromatic heterocycles. The fourth-order valence-corrected chi connectivity index (χ4v) is 2.83. The molecule has 25 heavy (non-hydrogen) atoms. The molecule has 6 heteroatoms. The maximum atomic E-state index is 11.2. The van der Waals surface area contributed by atoms with Crippen molar-refractivity contribution in [2.75, 3.05) is 13.7 Å². The van der Waals surface area contributed by atoms with Gasteiger partial charge in [0.1, 0.15) is 5.82 Å². The van der Waals surface area contributed by atoms with E-state index in [4.69, 9.17) is 4.98 Å². The first-order chi connectivity index (χ1) is 12.2. The van der Waals surface area contributed by atoms with E-state index in [2.05, 4.69) is 45.2 Å². The molecular formula is C19H26N4O2.